The summed E-state index contributed by atoms with van der Waals surface area (Å²) in [4.78, 5) is 29.5. The molecule has 1 aliphatic heterocycles. The molecular formula is C30H24F4N2O5. The van der Waals surface area contributed by atoms with E-state index >= 15 is 0 Å². The highest BCUT2D eigenvalue weighted by Gasteiger charge is 2.32. The summed E-state index contributed by atoms with van der Waals surface area (Å²) in [5, 5.41) is 3.04. The number of fused-ring (bicyclic) bond motifs is 1. The summed E-state index contributed by atoms with van der Waals surface area (Å²) in [6.45, 7) is 0.514. The van der Waals surface area contributed by atoms with E-state index in [9.17, 15) is 27.2 Å². The van der Waals surface area contributed by atoms with Crippen LogP contribution in [0.15, 0.2) is 91.1 Å². The van der Waals surface area contributed by atoms with Gasteiger partial charge < -0.3 is 19.5 Å². The third-order valence-electron chi connectivity index (χ3n) is 5.93. The molecule has 0 spiro atoms. The van der Waals surface area contributed by atoms with Crippen molar-refractivity contribution >= 4 is 11.9 Å². The number of rotatable bonds is 5. The van der Waals surface area contributed by atoms with Crippen LogP contribution in [0.4, 0.5) is 17.6 Å². The minimum Gasteiger partial charge on any atom is -0.491 e. The lowest BCUT2D eigenvalue weighted by molar-refractivity contribution is -0.275. The average molecular weight is 569 g/mol. The van der Waals surface area contributed by atoms with E-state index in [1.54, 1.807) is 30.5 Å². The number of nitrogens with zero attached hydrogens (tertiary/aromatic N) is 1. The zero-order valence-corrected chi connectivity index (χ0v) is 21.7. The highest BCUT2D eigenvalue weighted by molar-refractivity contribution is 6.01. The van der Waals surface area contributed by atoms with E-state index in [1.807, 2.05) is 36.4 Å². The van der Waals surface area contributed by atoms with Gasteiger partial charge >= 0.3 is 12.3 Å². The van der Waals surface area contributed by atoms with Gasteiger partial charge in [0, 0.05) is 18.2 Å². The Morgan fingerprint density at radius 3 is 2.41 bits per heavy atom. The second-order valence-electron chi connectivity index (χ2n) is 8.65. The van der Waals surface area contributed by atoms with Gasteiger partial charge in [0.2, 0.25) is 0 Å². The van der Waals surface area contributed by atoms with Gasteiger partial charge in [-0.05, 0) is 53.6 Å². The molecule has 1 amide bonds. The smallest absolute Gasteiger partial charge is 0.491 e. The molecule has 2 heterocycles. The molecule has 1 aromatic heterocycles. The lowest BCUT2D eigenvalue weighted by Crippen LogP contribution is -2.32. The van der Waals surface area contributed by atoms with Gasteiger partial charge in [0.25, 0.3) is 5.91 Å². The standard InChI is InChI=1S/C23H20N2O4.C7H4F4O/c1-28-23(27)17-10-9-16(14-18(17)15-6-3-2-4-7-15)22(26)25-19-11-13-29-20-8-5-12-24-21(19)20;8-5-3-1-2-4-6(5)12-7(9,10)11/h2-10,12,14,19H,11,13H2,1H3,(H,25,26);1-4H. The SMILES string of the molecule is COC(=O)c1ccc(C(=O)NC2CCOc3cccnc32)cc1-c1ccccc1.Fc1ccccc1OC(F)(F)F. The van der Waals surface area contributed by atoms with Gasteiger partial charge in [0.05, 0.1) is 25.3 Å². The maximum Gasteiger partial charge on any atom is 0.573 e. The number of methoxy groups -OCH3 is 1. The van der Waals surface area contributed by atoms with Crippen molar-refractivity contribution in [3.05, 3.63) is 114 Å². The Kier molecular flexibility index (Phi) is 9.18. The number of aromatic nitrogens is 1. The Bertz CT molecular complexity index is 1510. The predicted octanol–water partition coefficient (Wildman–Crippen LogP) is 6.51. The van der Waals surface area contributed by atoms with E-state index in [4.69, 9.17) is 9.47 Å². The van der Waals surface area contributed by atoms with E-state index < -0.39 is 23.9 Å². The lowest BCUT2D eigenvalue weighted by Gasteiger charge is -2.25. The number of esters is 1. The molecule has 1 unspecified atom stereocenters. The second kappa shape index (κ2) is 12.9. The molecule has 0 saturated heterocycles. The van der Waals surface area contributed by atoms with Crippen LogP contribution in [0.1, 0.15) is 38.9 Å². The van der Waals surface area contributed by atoms with Gasteiger partial charge in [-0.15, -0.1) is 13.2 Å². The molecule has 212 valence electrons. The molecule has 1 aliphatic rings. The van der Waals surface area contributed by atoms with E-state index in [0.29, 0.717) is 35.5 Å². The fourth-order valence-corrected chi connectivity index (χ4v) is 4.07. The van der Waals surface area contributed by atoms with Gasteiger partial charge in [0.15, 0.2) is 11.6 Å². The first-order valence-electron chi connectivity index (χ1n) is 12.3. The topological polar surface area (TPSA) is 86.8 Å². The maximum absolute atomic E-state index is 13.0. The van der Waals surface area contributed by atoms with Crippen molar-refractivity contribution in [2.75, 3.05) is 13.7 Å². The summed E-state index contributed by atoms with van der Waals surface area (Å²) in [6, 6.07) is 22.2. The van der Waals surface area contributed by atoms with Crippen molar-refractivity contribution in [2.45, 2.75) is 18.8 Å². The first-order valence-corrected chi connectivity index (χ1v) is 12.3. The van der Waals surface area contributed by atoms with E-state index in [0.717, 1.165) is 23.4 Å². The number of carbonyl (C=O) groups is 2. The minimum absolute atomic E-state index is 0.229. The molecule has 5 rings (SSSR count). The molecule has 3 aromatic carbocycles. The van der Waals surface area contributed by atoms with E-state index in [1.165, 1.54) is 19.2 Å². The van der Waals surface area contributed by atoms with Crippen LogP contribution in [-0.4, -0.2) is 36.9 Å². The molecule has 0 radical (unpaired) electrons. The van der Waals surface area contributed by atoms with Gasteiger partial charge in [-0.25, -0.2) is 9.18 Å². The molecule has 1 atom stereocenters. The molecule has 7 nitrogen and oxygen atoms in total. The fourth-order valence-electron chi connectivity index (χ4n) is 4.07. The Balaban J connectivity index is 0.000000271. The Hall–Kier alpha value is -4.93. The summed E-state index contributed by atoms with van der Waals surface area (Å²) < 4.78 is 61.0. The van der Waals surface area contributed by atoms with Gasteiger partial charge in [-0.1, -0.05) is 42.5 Å². The summed E-state index contributed by atoms with van der Waals surface area (Å²) in [5.74, 6) is -1.84. The number of halogens is 4. The van der Waals surface area contributed by atoms with E-state index in [-0.39, 0.29) is 11.9 Å². The number of hydrogen-bond donors (Lipinski definition) is 1. The Labute approximate surface area is 232 Å². The van der Waals surface area contributed by atoms with E-state index in [2.05, 4.69) is 15.0 Å². The highest BCUT2D eigenvalue weighted by atomic mass is 19.4. The van der Waals surface area contributed by atoms with Crippen LogP contribution >= 0.6 is 0 Å². The number of alkyl halides is 3. The highest BCUT2D eigenvalue weighted by Crippen LogP contribution is 2.31. The fraction of sp³-hybridized carbons (Fsp3) is 0.167. The van der Waals surface area contributed by atoms with Crippen molar-refractivity contribution in [2.24, 2.45) is 0 Å². The zero-order chi connectivity index (χ0) is 29.4. The summed E-state index contributed by atoms with van der Waals surface area (Å²) >= 11 is 0. The quantitative estimate of drug-likeness (QED) is 0.218. The van der Waals surface area contributed by atoms with Crippen LogP contribution in [0, 0.1) is 5.82 Å². The summed E-state index contributed by atoms with van der Waals surface area (Å²) in [5.41, 5.74) is 3.08. The Morgan fingerprint density at radius 1 is 0.976 bits per heavy atom. The van der Waals surface area contributed by atoms with Crippen LogP contribution < -0.4 is 14.8 Å². The number of amides is 1. The molecular weight excluding hydrogens is 544 g/mol. The first-order chi connectivity index (χ1) is 19.7. The van der Waals surface area contributed by atoms with Crippen LogP contribution in [0.3, 0.4) is 0 Å². The van der Waals surface area contributed by atoms with Crippen LogP contribution in [0.2, 0.25) is 0 Å². The molecule has 41 heavy (non-hydrogen) atoms. The van der Waals surface area contributed by atoms with Crippen molar-refractivity contribution < 1.29 is 41.4 Å². The normalized spacial score (nSPS) is 13.9. The van der Waals surface area contributed by atoms with Crippen LogP contribution in [0.25, 0.3) is 11.1 Å². The molecule has 0 saturated carbocycles. The largest absolute Gasteiger partial charge is 0.573 e. The number of benzene rings is 3. The number of nitrogens with one attached hydrogen (secondary N) is 1. The maximum atomic E-state index is 13.0. The molecule has 11 heteroatoms. The lowest BCUT2D eigenvalue weighted by atomic mass is 9.96. The number of carbonyl (C=O) groups excluding carboxylic acids is 2. The van der Waals surface area contributed by atoms with Crippen LogP contribution in [-0.2, 0) is 4.74 Å². The number of para-hydroxylation sites is 1. The first kappa shape index (κ1) is 29.1. The number of pyridine rings is 1. The molecule has 0 fully saturated rings. The summed E-state index contributed by atoms with van der Waals surface area (Å²) in [7, 11) is 1.34. The molecule has 0 aliphatic carbocycles. The second-order valence-corrected chi connectivity index (χ2v) is 8.65. The van der Waals surface area contributed by atoms with Crippen molar-refractivity contribution in [3.8, 4) is 22.6 Å². The number of ether oxygens (including phenoxy) is 3. The van der Waals surface area contributed by atoms with Gasteiger partial charge in [-0.2, -0.15) is 0 Å². The van der Waals surface area contributed by atoms with Crippen molar-refractivity contribution in [1.29, 1.82) is 0 Å². The number of hydrogen-bond acceptors (Lipinski definition) is 6. The third kappa shape index (κ3) is 7.59. The zero-order valence-electron chi connectivity index (χ0n) is 21.7. The molecule has 0 bridgehead atoms. The average Bonchev–Trinajstić information content (AvgIpc) is 2.98. The van der Waals surface area contributed by atoms with Crippen molar-refractivity contribution in [1.82, 2.24) is 10.3 Å². The van der Waals surface area contributed by atoms with Gasteiger partial charge in [-0.3, -0.25) is 9.78 Å². The van der Waals surface area contributed by atoms with Crippen LogP contribution in [0.5, 0.6) is 11.5 Å². The van der Waals surface area contributed by atoms with Crippen molar-refractivity contribution in [3.63, 3.8) is 0 Å². The monoisotopic (exact) mass is 568 g/mol. The Morgan fingerprint density at radius 2 is 1.71 bits per heavy atom. The molecule has 1 N–H and O–H groups in total. The van der Waals surface area contributed by atoms with Gasteiger partial charge in [0.1, 0.15) is 11.4 Å². The summed E-state index contributed by atoms with van der Waals surface area (Å²) in [6.07, 6.45) is -2.52. The molecule has 4 aromatic rings. The predicted molar refractivity (Wildman–Crippen MR) is 141 cm³/mol. The minimum atomic E-state index is -4.85. The third-order valence-corrected chi connectivity index (χ3v) is 5.93.